The lowest BCUT2D eigenvalue weighted by Crippen LogP contribution is -2.52. The second-order valence-corrected chi connectivity index (χ2v) is 8.65. The lowest BCUT2D eigenvalue weighted by atomic mass is 9.92. The molecule has 0 unspecified atom stereocenters. The average molecular weight is 369 g/mol. The fraction of sp³-hybridized carbons (Fsp3) is 0.684. The molecule has 25 heavy (non-hydrogen) atoms. The summed E-state index contributed by atoms with van der Waals surface area (Å²) in [5.41, 5.74) is 1.86. The Labute approximate surface area is 152 Å². The fourth-order valence-electron chi connectivity index (χ4n) is 3.71. The van der Waals surface area contributed by atoms with Gasteiger partial charge in [0.1, 0.15) is 0 Å². The molecule has 0 amide bonds. The first-order chi connectivity index (χ1) is 11.9. The topological polar surface area (TPSA) is 58.6 Å². The van der Waals surface area contributed by atoms with Gasteiger partial charge in [-0.1, -0.05) is 44.4 Å². The Balaban J connectivity index is 2.15. The van der Waals surface area contributed by atoms with Crippen molar-refractivity contribution in [1.82, 2.24) is 9.62 Å². The van der Waals surface area contributed by atoms with Crippen LogP contribution in [0.15, 0.2) is 23.1 Å². The predicted octanol–water partition coefficient (Wildman–Crippen LogP) is 2.72. The van der Waals surface area contributed by atoms with E-state index in [-0.39, 0.29) is 6.04 Å². The molecule has 0 aromatic heterocycles. The maximum absolute atomic E-state index is 12.8. The van der Waals surface area contributed by atoms with Crippen LogP contribution in [0.25, 0.3) is 0 Å². The highest BCUT2D eigenvalue weighted by atomic mass is 32.2. The molecule has 1 atom stereocenters. The number of sulfonamides is 1. The quantitative estimate of drug-likeness (QED) is 0.766. The van der Waals surface area contributed by atoms with Crippen LogP contribution in [0.3, 0.4) is 0 Å². The van der Waals surface area contributed by atoms with Crippen LogP contribution >= 0.6 is 0 Å². The van der Waals surface area contributed by atoms with Crippen molar-refractivity contribution >= 4 is 10.0 Å². The molecule has 0 saturated carbocycles. The Morgan fingerprint density at radius 1 is 1.16 bits per heavy atom. The van der Waals surface area contributed by atoms with E-state index in [0.29, 0.717) is 17.4 Å². The summed E-state index contributed by atoms with van der Waals surface area (Å²) in [6.07, 6.45) is 2.09. The Bertz CT molecular complexity index is 651. The van der Waals surface area contributed by atoms with Crippen molar-refractivity contribution in [3.63, 3.8) is 0 Å². The van der Waals surface area contributed by atoms with Crippen LogP contribution in [0.4, 0.5) is 0 Å². The lowest BCUT2D eigenvalue weighted by molar-refractivity contribution is 0.00297. The van der Waals surface area contributed by atoms with Gasteiger partial charge in [0.2, 0.25) is 10.0 Å². The maximum atomic E-state index is 12.8. The Hall–Kier alpha value is -0.950. The van der Waals surface area contributed by atoms with Gasteiger partial charge in [0, 0.05) is 25.7 Å². The zero-order chi connectivity index (χ0) is 18.4. The molecule has 1 aromatic carbocycles. The molecule has 1 aliphatic rings. The molecule has 0 bridgehead atoms. The largest absolute Gasteiger partial charge is 0.379 e. The normalized spacial score (nSPS) is 17.8. The number of nitrogens with zero attached hydrogens (tertiary/aromatic N) is 1. The van der Waals surface area contributed by atoms with Gasteiger partial charge in [-0.15, -0.1) is 0 Å². The van der Waals surface area contributed by atoms with Crippen LogP contribution in [-0.2, 0) is 14.8 Å². The summed E-state index contributed by atoms with van der Waals surface area (Å²) < 4.78 is 33.9. The minimum absolute atomic E-state index is 0.208. The van der Waals surface area contributed by atoms with Gasteiger partial charge in [-0.25, -0.2) is 13.1 Å². The smallest absolute Gasteiger partial charge is 0.240 e. The second-order valence-electron chi connectivity index (χ2n) is 6.91. The molecule has 1 aromatic rings. The molecule has 1 aliphatic heterocycles. The summed E-state index contributed by atoms with van der Waals surface area (Å²) in [4.78, 5) is 2.76. The summed E-state index contributed by atoms with van der Waals surface area (Å²) in [7, 11) is -3.50. The molecule has 142 valence electrons. The minimum atomic E-state index is -3.50. The SMILES string of the molecule is CCC(CC)[C@H](CNS(=O)(=O)c1ccc(C)cc1C)N1CCOCC1. The van der Waals surface area contributed by atoms with Gasteiger partial charge in [-0.3, -0.25) is 4.90 Å². The highest BCUT2D eigenvalue weighted by molar-refractivity contribution is 7.89. The van der Waals surface area contributed by atoms with Crippen molar-refractivity contribution in [3.8, 4) is 0 Å². The average Bonchev–Trinajstić information content (AvgIpc) is 2.59. The molecule has 1 heterocycles. The summed E-state index contributed by atoms with van der Waals surface area (Å²) in [5, 5.41) is 0. The van der Waals surface area contributed by atoms with E-state index in [1.165, 1.54) is 0 Å². The van der Waals surface area contributed by atoms with Crippen molar-refractivity contribution in [3.05, 3.63) is 29.3 Å². The number of nitrogens with one attached hydrogen (secondary N) is 1. The summed E-state index contributed by atoms with van der Waals surface area (Å²) in [6, 6.07) is 5.67. The number of hydrogen-bond acceptors (Lipinski definition) is 4. The van der Waals surface area contributed by atoms with E-state index >= 15 is 0 Å². The van der Waals surface area contributed by atoms with E-state index in [9.17, 15) is 8.42 Å². The molecule has 0 radical (unpaired) electrons. The molecule has 1 N–H and O–H groups in total. The van der Waals surface area contributed by atoms with Crippen LogP contribution in [0.2, 0.25) is 0 Å². The highest BCUT2D eigenvalue weighted by Crippen LogP contribution is 2.21. The van der Waals surface area contributed by atoms with Crippen LogP contribution < -0.4 is 4.72 Å². The van der Waals surface area contributed by atoms with Crippen LogP contribution in [-0.4, -0.2) is 52.2 Å². The first-order valence-corrected chi connectivity index (χ1v) is 10.8. The Morgan fingerprint density at radius 3 is 2.36 bits per heavy atom. The molecule has 5 nitrogen and oxygen atoms in total. The zero-order valence-electron chi connectivity index (χ0n) is 15.9. The minimum Gasteiger partial charge on any atom is -0.379 e. The molecule has 1 fully saturated rings. The molecule has 6 heteroatoms. The summed E-state index contributed by atoms with van der Waals surface area (Å²) in [6.45, 7) is 11.8. The third-order valence-corrected chi connectivity index (χ3v) is 6.79. The Kier molecular flexibility index (Phi) is 7.43. The highest BCUT2D eigenvalue weighted by Gasteiger charge is 2.28. The van der Waals surface area contributed by atoms with Crippen LogP contribution in [0.1, 0.15) is 37.8 Å². The number of rotatable bonds is 8. The first-order valence-electron chi connectivity index (χ1n) is 9.27. The number of aryl methyl sites for hydroxylation is 2. The number of hydrogen-bond donors (Lipinski definition) is 1. The Morgan fingerprint density at radius 2 is 1.80 bits per heavy atom. The van der Waals surface area contributed by atoms with Crippen molar-refractivity contribution in [1.29, 1.82) is 0 Å². The van der Waals surface area contributed by atoms with Gasteiger partial charge in [0.15, 0.2) is 0 Å². The van der Waals surface area contributed by atoms with Crippen molar-refractivity contribution in [2.75, 3.05) is 32.8 Å². The molecule has 0 aliphatic carbocycles. The first kappa shape index (κ1) is 20.4. The van der Waals surface area contributed by atoms with E-state index in [1.807, 2.05) is 26.0 Å². The maximum Gasteiger partial charge on any atom is 0.240 e. The van der Waals surface area contributed by atoms with Crippen LogP contribution in [0, 0.1) is 19.8 Å². The monoisotopic (exact) mass is 368 g/mol. The van der Waals surface area contributed by atoms with Gasteiger partial charge in [0.25, 0.3) is 0 Å². The third kappa shape index (κ3) is 5.26. The molecular formula is C19H32N2O3S. The fourth-order valence-corrected chi connectivity index (χ4v) is 4.99. The van der Waals surface area contributed by atoms with Crippen molar-refractivity contribution in [2.24, 2.45) is 5.92 Å². The van der Waals surface area contributed by atoms with E-state index in [2.05, 4.69) is 23.5 Å². The molecular weight excluding hydrogens is 336 g/mol. The van der Waals surface area contributed by atoms with E-state index in [4.69, 9.17) is 4.74 Å². The molecule has 2 rings (SSSR count). The predicted molar refractivity (Wildman–Crippen MR) is 101 cm³/mol. The van der Waals surface area contributed by atoms with E-state index in [1.54, 1.807) is 6.07 Å². The van der Waals surface area contributed by atoms with Crippen molar-refractivity contribution in [2.45, 2.75) is 51.5 Å². The van der Waals surface area contributed by atoms with Gasteiger partial charge < -0.3 is 4.74 Å². The zero-order valence-corrected chi connectivity index (χ0v) is 16.7. The van der Waals surface area contributed by atoms with E-state index in [0.717, 1.165) is 50.3 Å². The number of benzene rings is 1. The van der Waals surface area contributed by atoms with E-state index < -0.39 is 10.0 Å². The van der Waals surface area contributed by atoms with Gasteiger partial charge in [-0.2, -0.15) is 0 Å². The number of morpholine rings is 1. The van der Waals surface area contributed by atoms with Gasteiger partial charge in [0.05, 0.1) is 18.1 Å². The summed E-state index contributed by atoms with van der Waals surface area (Å²) in [5.74, 6) is 0.472. The number of ether oxygens (including phenoxy) is 1. The second kappa shape index (κ2) is 9.12. The third-order valence-electron chi connectivity index (χ3n) is 5.21. The lowest BCUT2D eigenvalue weighted by Gasteiger charge is -2.38. The molecule has 0 spiro atoms. The van der Waals surface area contributed by atoms with Gasteiger partial charge >= 0.3 is 0 Å². The van der Waals surface area contributed by atoms with Gasteiger partial charge in [-0.05, 0) is 31.4 Å². The standard InChI is InChI=1S/C19H32N2O3S/c1-5-17(6-2)18(21-9-11-24-12-10-21)14-20-25(22,23)19-8-7-15(3)13-16(19)4/h7-8,13,17-18,20H,5-6,9-12,14H2,1-4H3/t18-/m0/s1. The van der Waals surface area contributed by atoms with Crippen molar-refractivity contribution < 1.29 is 13.2 Å². The van der Waals surface area contributed by atoms with Crippen LogP contribution in [0.5, 0.6) is 0 Å². The summed E-state index contributed by atoms with van der Waals surface area (Å²) >= 11 is 0. The molecule has 1 saturated heterocycles.